The van der Waals surface area contributed by atoms with Crippen LogP contribution in [0.4, 0.5) is 11.4 Å². The highest BCUT2D eigenvalue weighted by Crippen LogP contribution is 2.27. The summed E-state index contributed by atoms with van der Waals surface area (Å²) in [5, 5.41) is 10.6. The Bertz CT molecular complexity index is 513. The van der Waals surface area contributed by atoms with E-state index in [1.165, 1.54) is 11.3 Å². The number of nitrogens with two attached hydrogens (primary N) is 1. The van der Waals surface area contributed by atoms with Gasteiger partial charge in [-0.15, -0.1) is 0 Å². The number of piperazine rings is 1. The van der Waals surface area contributed by atoms with Crippen molar-refractivity contribution in [1.29, 1.82) is 0 Å². The molecule has 2 aliphatic heterocycles. The minimum absolute atomic E-state index is 0.283. The predicted molar refractivity (Wildman–Crippen MR) is 91.3 cm³/mol. The van der Waals surface area contributed by atoms with Crippen LogP contribution in [0.25, 0.3) is 0 Å². The van der Waals surface area contributed by atoms with Gasteiger partial charge in [0.1, 0.15) is 0 Å². The highest BCUT2D eigenvalue weighted by atomic mass is 16.3. The van der Waals surface area contributed by atoms with E-state index >= 15 is 0 Å². The van der Waals surface area contributed by atoms with Crippen LogP contribution >= 0.6 is 0 Å². The molecule has 2 saturated heterocycles. The summed E-state index contributed by atoms with van der Waals surface area (Å²) in [5.74, 6) is 0. The summed E-state index contributed by atoms with van der Waals surface area (Å²) in [6.45, 7) is 8.14. The number of piperidine rings is 1. The number of hydrogen-bond donors (Lipinski definition) is 2. The van der Waals surface area contributed by atoms with Gasteiger partial charge in [-0.3, -0.25) is 4.90 Å². The summed E-state index contributed by atoms with van der Waals surface area (Å²) in [5.41, 5.74) is 9.02. The summed E-state index contributed by atoms with van der Waals surface area (Å²) >= 11 is 0. The molecule has 5 nitrogen and oxygen atoms in total. The Morgan fingerprint density at radius 2 is 1.86 bits per heavy atom. The van der Waals surface area contributed by atoms with Gasteiger partial charge in [-0.05, 0) is 44.2 Å². The summed E-state index contributed by atoms with van der Waals surface area (Å²) < 4.78 is 0. The highest BCUT2D eigenvalue weighted by molar-refractivity contribution is 5.59. The number of benzene rings is 1. The zero-order valence-corrected chi connectivity index (χ0v) is 13.7. The number of hydrogen-bond acceptors (Lipinski definition) is 5. The molecule has 3 N–H and O–H groups in total. The van der Waals surface area contributed by atoms with Gasteiger partial charge in [0, 0.05) is 56.7 Å². The van der Waals surface area contributed by atoms with Crippen LogP contribution in [-0.2, 0) is 0 Å². The average molecular weight is 304 g/mol. The number of β-amino-alcohol motifs (C(OH)–C–C–N with tert-alkyl or cyclic N) is 1. The first-order valence-corrected chi connectivity index (χ1v) is 8.26. The molecule has 22 heavy (non-hydrogen) atoms. The van der Waals surface area contributed by atoms with Crippen LogP contribution in [0.2, 0.25) is 0 Å². The van der Waals surface area contributed by atoms with E-state index in [2.05, 4.69) is 34.7 Å². The fraction of sp³-hybridized carbons (Fsp3) is 0.647. The third-order valence-corrected chi connectivity index (χ3v) is 5.11. The number of aliphatic hydroxyl groups excluding tert-OH is 1. The Morgan fingerprint density at radius 3 is 2.50 bits per heavy atom. The molecule has 2 heterocycles. The van der Waals surface area contributed by atoms with Gasteiger partial charge in [0.2, 0.25) is 0 Å². The molecule has 2 unspecified atom stereocenters. The molecule has 0 spiro atoms. The number of rotatable bonds is 2. The maximum atomic E-state index is 10.6. The zero-order chi connectivity index (χ0) is 15.7. The van der Waals surface area contributed by atoms with Gasteiger partial charge in [0.15, 0.2) is 0 Å². The Morgan fingerprint density at radius 1 is 1.14 bits per heavy atom. The van der Waals surface area contributed by atoms with Crippen LogP contribution in [0, 0.1) is 6.92 Å². The second kappa shape index (κ2) is 6.44. The van der Waals surface area contributed by atoms with Crippen LogP contribution in [0.5, 0.6) is 0 Å². The van der Waals surface area contributed by atoms with E-state index in [4.69, 9.17) is 5.73 Å². The van der Waals surface area contributed by atoms with Gasteiger partial charge in [0.05, 0.1) is 6.10 Å². The van der Waals surface area contributed by atoms with Gasteiger partial charge in [-0.2, -0.15) is 0 Å². The minimum Gasteiger partial charge on any atom is -0.399 e. The Hall–Kier alpha value is -1.30. The largest absolute Gasteiger partial charge is 0.399 e. The molecule has 1 aromatic rings. The summed E-state index contributed by atoms with van der Waals surface area (Å²) in [7, 11) is 2.17. The molecule has 2 atom stereocenters. The van der Waals surface area contributed by atoms with E-state index in [0.717, 1.165) is 44.8 Å². The molecule has 2 fully saturated rings. The zero-order valence-electron chi connectivity index (χ0n) is 13.7. The fourth-order valence-electron chi connectivity index (χ4n) is 3.75. The second-order valence-electron chi connectivity index (χ2n) is 6.75. The first-order valence-electron chi connectivity index (χ1n) is 8.26. The van der Waals surface area contributed by atoms with Crippen LogP contribution in [0.1, 0.15) is 12.0 Å². The average Bonchev–Trinajstić information content (AvgIpc) is 2.48. The van der Waals surface area contributed by atoms with Gasteiger partial charge in [-0.25, -0.2) is 0 Å². The van der Waals surface area contributed by atoms with Crippen molar-refractivity contribution in [2.45, 2.75) is 25.5 Å². The van der Waals surface area contributed by atoms with E-state index < -0.39 is 0 Å². The normalized spacial score (nSPS) is 28.0. The number of anilines is 2. The molecular formula is C17H28N4O. The van der Waals surface area contributed by atoms with E-state index in [1.807, 2.05) is 12.1 Å². The highest BCUT2D eigenvalue weighted by Gasteiger charge is 2.33. The van der Waals surface area contributed by atoms with Crippen molar-refractivity contribution in [3.8, 4) is 0 Å². The maximum absolute atomic E-state index is 10.6. The van der Waals surface area contributed by atoms with Gasteiger partial charge >= 0.3 is 0 Å². The Kier molecular flexibility index (Phi) is 4.57. The van der Waals surface area contributed by atoms with E-state index in [9.17, 15) is 5.11 Å². The smallest absolute Gasteiger partial charge is 0.0870 e. The van der Waals surface area contributed by atoms with E-state index in [0.29, 0.717) is 12.6 Å². The van der Waals surface area contributed by atoms with Crippen molar-refractivity contribution in [1.82, 2.24) is 9.80 Å². The standard InChI is InChI=1S/C17H28N4O/c1-13-11-14(18)3-4-15(13)21-6-5-16(17(22)12-21)20-9-7-19(2)8-10-20/h3-4,11,16-17,22H,5-10,12,18H2,1-2H3. The van der Waals surface area contributed by atoms with E-state index in [-0.39, 0.29) is 6.10 Å². The molecule has 0 aliphatic carbocycles. The SMILES string of the molecule is Cc1cc(N)ccc1N1CCC(N2CCN(C)CC2)C(O)C1. The summed E-state index contributed by atoms with van der Waals surface area (Å²) in [6.07, 6.45) is 0.739. The van der Waals surface area contributed by atoms with Gasteiger partial charge in [0.25, 0.3) is 0 Å². The lowest BCUT2D eigenvalue weighted by Gasteiger charge is -2.45. The second-order valence-corrected chi connectivity index (χ2v) is 6.75. The topological polar surface area (TPSA) is 56.0 Å². The lowest BCUT2D eigenvalue weighted by atomic mass is 9.98. The number of nitrogens with zero attached hydrogens (tertiary/aromatic N) is 3. The van der Waals surface area contributed by atoms with Gasteiger partial charge in [-0.1, -0.05) is 0 Å². The lowest BCUT2D eigenvalue weighted by molar-refractivity contribution is 0.0139. The van der Waals surface area contributed by atoms with Crippen LogP contribution in [0.3, 0.4) is 0 Å². The molecule has 0 saturated carbocycles. The third kappa shape index (κ3) is 3.21. The van der Waals surface area contributed by atoms with Crippen molar-refractivity contribution < 1.29 is 5.11 Å². The minimum atomic E-state index is -0.283. The van der Waals surface area contributed by atoms with E-state index in [1.54, 1.807) is 0 Å². The number of aryl methyl sites for hydroxylation is 1. The first-order chi connectivity index (χ1) is 10.5. The quantitative estimate of drug-likeness (QED) is 0.790. The molecule has 1 aromatic carbocycles. The number of aliphatic hydroxyl groups is 1. The molecular weight excluding hydrogens is 276 g/mol. The van der Waals surface area contributed by atoms with Crippen LogP contribution < -0.4 is 10.6 Å². The number of nitrogen functional groups attached to an aromatic ring is 1. The Labute approximate surface area is 133 Å². The molecule has 5 heteroatoms. The lowest BCUT2D eigenvalue weighted by Crippen LogP contribution is -2.58. The number of likely N-dealkylation sites (N-methyl/N-ethyl adjacent to an activating group) is 1. The molecule has 2 aliphatic rings. The molecule has 0 bridgehead atoms. The van der Waals surface area contributed by atoms with Crippen molar-refractivity contribution in [3.63, 3.8) is 0 Å². The van der Waals surface area contributed by atoms with Crippen LogP contribution in [-0.4, -0.2) is 73.4 Å². The first kappa shape index (κ1) is 15.6. The van der Waals surface area contributed by atoms with Gasteiger partial charge < -0.3 is 20.6 Å². The molecule has 0 radical (unpaired) electrons. The summed E-state index contributed by atoms with van der Waals surface area (Å²) in [4.78, 5) is 7.12. The molecule has 122 valence electrons. The summed E-state index contributed by atoms with van der Waals surface area (Å²) in [6, 6.07) is 6.34. The molecule has 0 aromatic heterocycles. The predicted octanol–water partition coefficient (Wildman–Crippen LogP) is 0.764. The van der Waals surface area contributed by atoms with Crippen molar-refractivity contribution in [2.75, 3.05) is 56.9 Å². The Balaban J connectivity index is 1.64. The van der Waals surface area contributed by atoms with Crippen molar-refractivity contribution >= 4 is 11.4 Å². The third-order valence-electron chi connectivity index (χ3n) is 5.11. The van der Waals surface area contributed by atoms with Crippen molar-refractivity contribution in [2.24, 2.45) is 0 Å². The fourth-order valence-corrected chi connectivity index (χ4v) is 3.75. The molecule has 3 rings (SSSR count). The maximum Gasteiger partial charge on any atom is 0.0870 e. The molecule has 0 amide bonds. The van der Waals surface area contributed by atoms with Crippen LogP contribution in [0.15, 0.2) is 18.2 Å². The van der Waals surface area contributed by atoms with Crippen molar-refractivity contribution in [3.05, 3.63) is 23.8 Å². The monoisotopic (exact) mass is 304 g/mol.